The summed E-state index contributed by atoms with van der Waals surface area (Å²) in [7, 11) is 4.38. The third-order valence-corrected chi connectivity index (χ3v) is 2.93. The van der Waals surface area contributed by atoms with Crippen molar-refractivity contribution in [3.05, 3.63) is 0 Å². The van der Waals surface area contributed by atoms with E-state index < -0.39 is 0 Å². The quantitative estimate of drug-likeness (QED) is 0.568. The topological polar surface area (TPSA) is 15.3 Å². The molecule has 0 saturated carbocycles. The van der Waals surface area contributed by atoms with Gasteiger partial charge in [-0.05, 0) is 33.4 Å². The minimum absolute atomic E-state index is 0.806. The predicted octanol–water partition coefficient (Wildman–Crippen LogP) is 0.441. The Hall–Kier alpha value is -0.0800. The summed E-state index contributed by atoms with van der Waals surface area (Å²) in [6.07, 6.45) is 4.18. The van der Waals surface area contributed by atoms with E-state index in [1.54, 1.807) is 0 Å². The minimum atomic E-state index is 0.806. The van der Waals surface area contributed by atoms with Gasteiger partial charge in [0.15, 0.2) is 0 Å². The van der Waals surface area contributed by atoms with Crippen molar-refractivity contribution < 1.29 is 0 Å². The molecule has 10 heavy (non-hydrogen) atoms. The number of likely N-dealkylation sites (N-methyl/N-ethyl adjacent to an activating group) is 1. The Labute approximate surface area is 62.6 Å². The van der Waals surface area contributed by atoms with Crippen LogP contribution in [0.4, 0.5) is 0 Å². The first kappa shape index (κ1) is 6.62. The highest BCUT2D eigenvalue weighted by Gasteiger charge is 2.39. The molecule has 2 bridgehead atoms. The molecule has 0 radical (unpaired) electrons. The Balaban J connectivity index is 2.02. The summed E-state index contributed by atoms with van der Waals surface area (Å²) in [5.41, 5.74) is 0. The first-order valence-electron chi connectivity index (χ1n) is 4.20. The molecule has 1 N–H and O–H groups in total. The fourth-order valence-corrected chi connectivity index (χ4v) is 2.37. The Morgan fingerprint density at radius 3 is 2.40 bits per heavy atom. The van der Waals surface area contributed by atoms with Gasteiger partial charge in [-0.2, -0.15) is 0 Å². The summed E-state index contributed by atoms with van der Waals surface area (Å²) >= 11 is 0. The fourth-order valence-electron chi connectivity index (χ4n) is 2.37. The van der Waals surface area contributed by atoms with Crippen molar-refractivity contribution in [2.75, 3.05) is 14.1 Å². The molecule has 0 spiro atoms. The van der Waals surface area contributed by atoms with Crippen LogP contribution in [0, 0.1) is 0 Å². The van der Waals surface area contributed by atoms with Gasteiger partial charge in [-0.1, -0.05) is 0 Å². The van der Waals surface area contributed by atoms with Crippen molar-refractivity contribution in [3.63, 3.8) is 0 Å². The molecule has 2 aliphatic heterocycles. The molecule has 0 unspecified atom stereocenters. The number of hydrogen-bond acceptors (Lipinski definition) is 2. The van der Waals surface area contributed by atoms with Crippen LogP contribution in [0.25, 0.3) is 0 Å². The highest BCUT2D eigenvalue weighted by molar-refractivity contribution is 5.00. The first-order chi connectivity index (χ1) is 4.77. The summed E-state index contributed by atoms with van der Waals surface area (Å²) in [4.78, 5) is 2.36. The third-order valence-electron chi connectivity index (χ3n) is 2.93. The molecule has 0 aromatic rings. The van der Waals surface area contributed by atoms with Gasteiger partial charge in [0.1, 0.15) is 0 Å². The normalized spacial score (nSPS) is 45.3. The molecule has 0 aliphatic carbocycles. The van der Waals surface area contributed by atoms with Crippen molar-refractivity contribution in [1.82, 2.24) is 10.2 Å². The molecule has 2 heteroatoms. The van der Waals surface area contributed by atoms with E-state index in [2.05, 4.69) is 24.3 Å². The second-order valence-corrected chi connectivity index (χ2v) is 3.81. The zero-order chi connectivity index (χ0) is 7.14. The van der Waals surface area contributed by atoms with Crippen molar-refractivity contribution in [3.8, 4) is 0 Å². The zero-order valence-corrected chi connectivity index (χ0v) is 6.80. The van der Waals surface area contributed by atoms with E-state index in [9.17, 15) is 0 Å². The van der Waals surface area contributed by atoms with Gasteiger partial charge in [-0.15, -0.1) is 0 Å². The van der Waals surface area contributed by atoms with Crippen LogP contribution in [-0.2, 0) is 0 Å². The van der Waals surface area contributed by atoms with E-state index >= 15 is 0 Å². The smallest absolute Gasteiger partial charge is 0.0258 e. The molecule has 2 fully saturated rings. The highest BCUT2D eigenvalue weighted by Crippen LogP contribution is 2.30. The zero-order valence-electron chi connectivity index (χ0n) is 6.80. The summed E-state index contributed by atoms with van der Waals surface area (Å²) in [5.74, 6) is 0. The number of nitrogens with zero attached hydrogens (tertiary/aromatic N) is 1. The lowest BCUT2D eigenvalue weighted by atomic mass is 9.95. The second kappa shape index (κ2) is 2.21. The van der Waals surface area contributed by atoms with E-state index in [0.717, 1.165) is 18.1 Å². The maximum Gasteiger partial charge on any atom is 0.0258 e. The number of fused-ring (bicyclic) bond motifs is 2. The van der Waals surface area contributed by atoms with E-state index in [4.69, 9.17) is 0 Å². The van der Waals surface area contributed by atoms with Gasteiger partial charge in [0, 0.05) is 18.1 Å². The molecule has 3 atom stereocenters. The Bertz CT molecular complexity index is 133. The minimum Gasteiger partial charge on any atom is -0.310 e. The maximum atomic E-state index is 3.62. The highest BCUT2D eigenvalue weighted by atomic mass is 15.2. The molecular formula is C8H16N2. The molecule has 0 amide bonds. The summed E-state index contributed by atoms with van der Waals surface area (Å²) in [6.45, 7) is 0. The van der Waals surface area contributed by atoms with E-state index in [-0.39, 0.29) is 0 Å². The average molecular weight is 140 g/mol. The van der Waals surface area contributed by atoms with Crippen molar-refractivity contribution in [2.24, 2.45) is 0 Å². The number of hydrogen-bond donors (Lipinski definition) is 1. The summed E-state index contributed by atoms with van der Waals surface area (Å²) in [6, 6.07) is 2.47. The van der Waals surface area contributed by atoms with Crippen molar-refractivity contribution in [2.45, 2.75) is 37.4 Å². The Morgan fingerprint density at radius 1 is 1.30 bits per heavy atom. The summed E-state index contributed by atoms with van der Waals surface area (Å²) < 4.78 is 0. The average Bonchev–Trinajstić information content (AvgIpc) is 2.44. The van der Waals surface area contributed by atoms with Crippen LogP contribution in [-0.4, -0.2) is 37.1 Å². The van der Waals surface area contributed by atoms with Crippen molar-refractivity contribution in [1.29, 1.82) is 0 Å². The van der Waals surface area contributed by atoms with Crippen molar-refractivity contribution >= 4 is 0 Å². The monoisotopic (exact) mass is 140 g/mol. The molecule has 2 rings (SSSR count). The largest absolute Gasteiger partial charge is 0.310 e. The SMILES string of the molecule is CN(C)[C@H]1C[C@H]2CC[C@@H]1N2. The van der Waals surface area contributed by atoms with Gasteiger partial charge in [-0.3, -0.25) is 0 Å². The van der Waals surface area contributed by atoms with Gasteiger partial charge in [0.25, 0.3) is 0 Å². The molecule has 2 aliphatic rings. The Kier molecular flexibility index (Phi) is 1.46. The molecule has 0 aromatic heterocycles. The first-order valence-corrected chi connectivity index (χ1v) is 4.20. The van der Waals surface area contributed by atoms with Gasteiger partial charge in [-0.25, -0.2) is 0 Å². The molecule has 58 valence electrons. The fraction of sp³-hybridized carbons (Fsp3) is 1.00. The maximum absolute atomic E-state index is 3.62. The number of rotatable bonds is 1. The molecule has 2 nitrogen and oxygen atoms in total. The van der Waals surface area contributed by atoms with Gasteiger partial charge >= 0.3 is 0 Å². The molecule has 2 saturated heterocycles. The van der Waals surface area contributed by atoms with Crippen LogP contribution in [0.1, 0.15) is 19.3 Å². The lowest BCUT2D eigenvalue weighted by Gasteiger charge is -2.26. The molecule has 0 aromatic carbocycles. The number of nitrogens with one attached hydrogen (secondary N) is 1. The lowest BCUT2D eigenvalue weighted by molar-refractivity contribution is 0.250. The second-order valence-electron chi connectivity index (χ2n) is 3.81. The van der Waals surface area contributed by atoms with E-state index in [0.29, 0.717) is 0 Å². The van der Waals surface area contributed by atoms with Gasteiger partial charge in [0.05, 0.1) is 0 Å². The van der Waals surface area contributed by atoms with Crippen LogP contribution in [0.15, 0.2) is 0 Å². The van der Waals surface area contributed by atoms with Crippen LogP contribution >= 0.6 is 0 Å². The van der Waals surface area contributed by atoms with Crippen LogP contribution in [0.3, 0.4) is 0 Å². The molecular weight excluding hydrogens is 124 g/mol. The van der Waals surface area contributed by atoms with Crippen LogP contribution in [0.2, 0.25) is 0 Å². The predicted molar refractivity (Wildman–Crippen MR) is 42.0 cm³/mol. The van der Waals surface area contributed by atoms with Gasteiger partial charge < -0.3 is 10.2 Å². The Morgan fingerprint density at radius 2 is 2.10 bits per heavy atom. The molecule has 2 heterocycles. The van der Waals surface area contributed by atoms with Gasteiger partial charge in [0.2, 0.25) is 0 Å². The third kappa shape index (κ3) is 0.867. The summed E-state index contributed by atoms with van der Waals surface area (Å²) in [5, 5.41) is 3.62. The van der Waals surface area contributed by atoms with E-state index in [1.807, 2.05) is 0 Å². The van der Waals surface area contributed by atoms with Crippen LogP contribution in [0.5, 0.6) is 0 Å². The van der Waals surface area contributed by atoms with E-state index in [1.165, 1.54) is 19.3 Å². The van der Waals surface area contributed by atoms with Crippen LogP contribution < -0.4 is 5.32 Å². The standard InChI is InChI=1S/C8H16N2/c1-10(2)8-5-6-3-4-7(8)9-6/h6-9H,3-5H2,1-2H3/t6-,7+,8+/m1/s1. The lowest BCUT2D eigenvalue weighted by Crippen LogP contribution is -2.38.